The molecule has 1 amide bonds. The molecule has 0 saturated heterocycles. The van der Waals surface area contributed by atoms with Gasteiger partial charge in [-0.05, 0) is 32.0 Å². The minimum Gasteiger partial charge on any atom is -0.335 e. The maximum atomic E-state index is 13.7. The van der Waals surface area contributed by atoms with E-state index in [2.05, 4.69) is 0 Å². The highest BCUT2D eigenvalue weighted by atomic mass is 19.4. The molecule has 0 aliphatic rings. The Morgan fingerprint density at radius 3 is 2.48 bits per heavy atom. The number of hydrogen-bond donors (Lipinski definition) is 0. The van der Waals surface area contributed by atoms with E-state index in [4.69, 9.17) is 5.26 Å². The van der Waals surface area contributed by atoms with E-state index in [0.717, 1.165) is 0 Å². The van der Waals surface area contributed by atoms with Gasteiger partial charge in [0, 0.05) is 12.6 Å². The van der Waals surface area contributed by atoms with Crippen LogP contribution in [0.2, 0.25) is 0 Å². The van der Waals surface area contributed by atoms with Crippen molar-refractivity contribution in [2.45, 2.75) is 32.5 Å². The first-order chi connectivity index (χ1) is 9.68. The van der Waals surface area contributed by atoms with Crippen LogP contribution in [-0.4, -0.2) is 23.4 Å². The number of benzene rings is 1. The topological polar surface area (TPSA) is 44.1 Å². The maximum Gasteiger partial charge on any atom is 0.416 e. The molecule has 1 rings (SSSR count). The number of rotatable bonds is 4. The van der Waals surface area contributed by atoms with Gasteiger partial charge >= 0.3 is 6.18 Å². The second kappa shape index (κ2) is 6.57. The average Bonchev–Trinajstić information content (AvgIpc) is 2.37. The van der Waals surface area contributed by atoms with Crippen LogP contribution in [0, 0.1) is 17.1 Å². The van der Waals surface area contributed by atoms with Crippen LogP contribution < -0.4 is 0 Å². The van der Waals surface area contributed by atoms with Crippen LogP contribution in [0.25, 0.3) is 0 Å². The lowest BCUT2D eigenvalue weighted by Crippen LogP contribution is -2.38. The number of alkyl halides is 3. The molecule has 21 heavy (non-hydrogen) atoms. The number of nitriles is 1. The van der Waals surface area contributed by atoms with Crippen LogP contribution in [0.3, 0.4) is 0 Å². The van der Waals surface area contributed by atoms with Crippen molar-refractivity contribution in [3.63, 3.8) is 0 Å². The average molecular weight is 302 g/mol. The lowest BCUT2D eigenvalue weighted by atomic mass is 10.1. The van der Waals surface area contributed by atoms with Crippen molar-refractivity contribution >= 4 is 5.91 Å². The molecule has 0 radical (unpaired) electrons. The summed E-state index contributed by atoms with van der Waals surface area (Å²) in [6, 6.07) is 3.19. The summed E-state index contributed by atoms with van der Waals surface area (Å²) in [7, 11) is 0. The fourth-order valence-electron chi connectivity index (χ4n) is 1.78. The first-order valence-corrected chi connectivity index (χ1v) is 6.23. The van der Waals surface area contributed by atoms with Crippen LogP contribution in [0.4, 0.5) is 17.6 Å². The quantitative estimate of drug-likeness (QED) is 0.797. The highest BCUT2D eigenvalue weighted by molar-refractivity contribution is 5.95. The molecule has 0 unspecified atom stereocenters. The fourth-order valence-corrected chi connectivity index (χ4v) is 1.78. The summed E-state index contributed by atoms with van der Waals surface area (Å²) >= 11 is 0. The van der Waals surface area contributed by atoms with Gasteiger partial charge in [0.15, 0.2) is 0 Å². The third kappa shape index (κ3) is 4.18. The van der Waals surface area contributed by atoms with Crippen LogP contribution in [0.1, 0.15) is 36.2 Å². The van der Waals surface area contributed by atoms with E-state index in [1.165, 1.54) is 4.90 Å². The predicted molar refractivity (Wildman–Crippen MR) is 67.8 cm³/mol. The predicted octanol–water partition coefficient (Wildman–Crippen LogP) is 3.61. The third-order valence-corrected chi connectivity index (χ3v) is 2.87. The molecule has 0 bridgehead atoms. The van der Waals surface area contributed by atoms with Crippen molar-refractivity contribution in [3.8, 4) is 6.07 Å². The van der Waals surface area contributed by atoms with Gasteiger partial charge in [-0.15, -0.1) is 0 Å². The van der Waals surface area contributed by atoms with Crippen molar-refractivity contribution in [3.05, 3.63) is 35.1 Å². The van der Waals surface area contributed by atoms with E-state index >= 15 is 0 Å². The Morgan fingerprint density at radius 2 is 2.00 bits per heavy atom. The maximum absolute atomic E-state index is 13.7. The van der Waals surface area contributed by atoms with Gasteiger partial charge in [0.2, 0.25) is 0 Å². The summed E-state index contributed by atoms with van der Waals surface area (Å²) in [6.07, 6.45) is -4.64. The van der Waals surface area contributed by atoms with Gasteiger partial charge in [-0.3, -0.25) is 4.79 Å². The second-order valence-electron chi connectivity index (χ2n) is 4.69. The molecular weight excluding hydrogens is 288 g/mol. The summed E-state index contributed by atoms with van der Waals surface area (Å²) in [4.78, 5) is 13.4. The fraction of sp³-hybridized carbons (Fsp3) is 0.429. The SMILES string of the molecule is CC(C)N(CCC#N)C(=O)c1cc(C(F)(F)F)ccc1F. The molecule has 0 aromatic heterocycles. The van der Waals surface area contributed by atoms with Gasteiger partial charge in [-0.2, -0.15) is 18.4 Å². The van der Waals surface area contributed by atoms with Gasteiger partial charge in [0.1, 0.15) is 5.82 Å². The molecule has 1 aromatic carbocycles. The number of carbonyl (C=O) groups is 1. The Labute approximate surface area is 119 Å². The summed E-state index contributed by atoms with van der Waals surface area (Å²) in [5.41, 5.74) is -1.73. The molecule has 114 valence electrons. The molecule has 0 fully saturated rings. The Bertz CT molecular complexity index is 561. The lowest BCUT2D eigenvalue weighted by Gasteiger charge is -2.26. The first-order valence-electron chi connectivity index (χ1n) is 6.23. The molecule has 3 nitrogen and oxygen atoms in total. The van der Waals surface area contributed by atoms with Gasteiger partial charge in [0.05, 0.1) is 23.6 Å². The minimum absolute atomic E-state index is 0.0184. The van der Waals surface area contributed by atoms with Gasteiger partial charge < -0.3 is 4.90 Å². The van der Waals surface area contributed by atoms with Crippen molar-refractivity contribution in [1.29, 1.82) is 5.26 Å². The molecule has 0 saturated carbocycles. The smallest absolute Gasteiger partial charge is 0.335 e. The molecule has 0 aliphatic carbocycles. The van der Waals surface area contributed by atoms with Gasteiger partial charge in [0.25, 0.3) is 5.91 Å². The van der Waals surface area contributed by atoms with E-state index in [1.807, 2.05) is 6.07 Å². The number of carbonyl (C=O) groups excluding carboxylic acids is 1. The Balaban J connectivity index is 3.18. The number of amides is 1. The molecule has 7 heteroatoms. The molecule has 1 aromatic rings. The van der Waals surface area contributed by atoms with Gasteiger partial charge in [-0.25, -0.2) is 4.39 Å². The van der Waals surface area contributed by atoms with E-state index in [9.17, 15) is 22.4 Å². The van der Waals surface area contributed by atoms with E-state index in [-0.39, 0.29) is 19.0 Å². The monoisotopic (exact) mass is 302 g/mol. The third-order valence-electron chi connectivity index (χ3n) is 2.87. The Kier molecular flexibility index (Phi) is 5.30. The molecule has 0 atom stereocenters. The molecular formula is C14H14F4N2O. The van der Waals surface area contributed by atoms with E-state index in [1.54, 1.807) is 13.8 Å². The van der Waals surface area contributed by atoms with Crippen molar-refractivity contribution in [2.24, 2.45) is 0 Å². The van der Waals surface area contributed by atoms with E-state index < -0.39 is 29.0 Å². The van der Waals surface area contributed by atoms with Crippen molar-refractivity contribution in [1.82, 2.24) is 4.90 Å². The summed E-state index contributed by atoms with van der Waals surface area (Å²) in [5, 5.41) is 8.54. The number of halogens is 4. The summed E-state index contributed by atoms with van der Waals surface area (Å²) < 4.78 is 51.6. The second-order valence-corrected chi connectivity index (χ2v) is 4.69. The standard InChI is InChI=1S/C14H14F4N2O/c1-9(2)20(7-3-6-19)13(21)11-8-10(14(16,17)18)4-5-12(11)15/h4-5,8-9H,3,7H2,1-2H3. The van der Waals surface area contributed by atoms with Crippen LogP contribution in [0.15, 0.2) is 18.2 Å². The zero-order valence-electron chi connectivity index (χ0n) is 11.5. The first kappa shape index (κ1) is 17.0. The molecule has 0 spiro atoms. The summed E-state index contributed by atoms with van der Waals surface area (Å²) in [6.45, 7) is 3.31. The van der Waals surface area contributed by atoms with Crippen LogP contribution in [-0.2, 0) is 6.18 Å². The summed E-state index contributed by atoms with van der Waals surface area (Å²) in [5.74, 6) is -1.88. The molecule has 0 N–H and O–H groups in total. The van der Waals surface area contributed by atoms with Crippen LogP contribution >= 0.6 is 0 Å². The number of hydrogen-bond acceptors (Lipinski definition) is 2. The molecule has 0 aliphatic heterocycles. The van der Waals surface area contributed by atoms with Gasteiger partial charge in [-0.1, -0.05) is 0 Å². The van der Waals surface area contributed by atoms with Crippen LogP contribution in [0.5, 0.6) is 0 Å². The largest absolute Gasteiger partial charge is 0.416 e. The van der Waals surface area contributed by atoms with Crippen molar-refractivity contribution < 1.29 is 22.4 Å². The number of nitrogens with zero attached hydrogens (tertiary/aromatic N) is 2. The zero-order chi connectivity index (χ0) is 16.2. The molecule has 0 heterocycles. The zero-order valence-corrected chi connectivity index (χ0v) is 11.5. The van der Waals surface area contributed by atoms with Crippen molar-refractivity contribution in [2.75, 3.05) is 6.54 Å². The highest BCUT2D eigenvalue weighted by Gasteiger charge is 2.32. The minimum atomic E-state index is -4.65. The Hall–Kier alpha value is -2.10. The highest BCUT2D eigenvalue weighted by Crippen LogP contribution is 2.30. The Morgan fingerprint density at radius 1 is 1.38 bits per heavy atom. The van der Waals surface area contributed by atoms with E-state index in [0.29, 0.717) is 18.2 Å². The lowest BCUT2D eigenvalue weighted by molar-refractivity contribution is -0.137. The normalized spacial score (nSPS) is 11.3.